The molecule has 0 spiro atoms. The molecule has 0 atom stereocenters. The topological polar surface area (TPSA) is 86.0 Å². The van der Waals surface area contributed by atoms with Crippen LogP contribution < -0.4 is 0 Å². The molecule has 0 saturated heterocycles. The Morgan fingerprint density at radius 1 is 1.23 bits per heavy atom. The van der Waals surface area contributed by atoms with Gasteiger partial charge in [-0.05, 0) is 6.07 Å². The molecular weight excluding hydrogens is 303 g/mol. The number of carbonyl (C=O) groups excluding carboxylic acids is 1. The third kappa shape index (κ3) is 3.08. The molecule has 0 unspecified atom stereocenters. The van der Waals surface area contributed by atoms with E-state index in [4.69, 9.17) is 0 Å². The summed E-state index contributed by atoms with van der Waals surface area (Å²) < 4.78 is 39.0. The second-order valence-electron chi connectivity index (χ2n) is 4.35. The number of hydrogen-bond donors (Lipinski definition) is 0. The molecule has 0 N–H and O–H groups in total. The first-order chi connectivity index (χ1) is 10.2. The van der Waals surface area contributed by atoms with Crippen LogP contribution in [0, 0.1) is 10.1 Å². The van der Waals surface area contributed by atoms with Crippen molar-refractivity contribution in [2.75, 3.05) is 0 Å². The summed E-state index contributed by atoms with van der Waals surface area (Å²) in [6.45, 7) is 0.951. The molecule has 0 aliphatic rings. The van der Waals surface area contributed by atoms with E-state index in [0.717, 1.165) is 13.0 Å². The molecule has 0 aliphatic carbocycles. The summed E-state index contributed by atoms with van der Waals surface area (Å²) >= 11 is 0. The van der Waals surface area contributed by atoms with Crippen LogP contribution in [0.4, 0.5) is 18.9 Å². The maximum atomic E-state index is 13.0. The number of nitro groups is 1. The number of nitrogens with zero attached hydrogens (tertiary/aromatic N) is 3. The first kappa shape index (κ1) is 15.5. The Labute approximate surface area is 121 Å². The summed E-state index contributed by atoms with van der Waals surface area (Å²) in [7, 11) is 0. The Kier molecular flexibility index (Phi) is 3.89. The second kappa shape index (κ2) is 5.51. The van der Waals surface area contributed by atoms with Gasteiger partial charge in [-0.2, -0.15) is 13.2 Å². The van der Waals surface area contributed by atoms with Crippen molar-refractivity contribution in [1.29, 1.82) is 0 Å². The Balaban J connectivity index is 2.61. The fourth-order valence-corrected chi connectivity index (χ4v) is 1.79. The van der Waals surface area contributed by atoms with Crippen molar-refractivity contribution in [2.24, 2.45) is 0 Å². The average molecular weight is 311 g/mol. The van der Waals surface area contributed by atoms with Gasteiger partial charge in [-0.25, -0.2) is 0 Å². The minimum absolute atomic E-state index is 0.0994. The van der Waals surface area contributed by atoms with Gasteiger partial charge in [0.25, 0.3) is 5.69 Å². The van der Waals surface area contributed by atoms with Crippen molar-refractivity contribution < 1.29 is 22.9 Å². The van der Waals surface area contributed by atoms with Crippen molar-refractivity contribution >= 4 is 11.5 Å². The first-order valence-electron chi connectivity index (χ1n) is 5.91. The lowest BCUT2D eigenvalue weighted by Gasteiger charge is -2.11. The van der Waals surface area contributed by atoms with Crippen LogP contribution in [0.15, 0.2) is 30.3 Å². The highest BCUT2D eigenvalue weighted by molar-refractivity contribution is 5.93. The number of ketones is 1. The van der Waals surface area contributed by atoms with Crippen LogP contribution in [0.2, 0.25) is 0 Å². The van der Waals surface area contributed by atoms with Crippen LogP contribution in [-0.4, -0.2) is 20.9 Å². The highest BCUT2D eigenvalue weighted by Crippen LogP contribution is 2.33. The van der Waals surface area contributed by atoms with E-state index < -0.39 is 28.1 Å². The predicted octanol–water partition coefficient (Wildman–Crippen LogP) is 3.27. The molecule has 0 bridgehead atoms. The predicted molar refractivity (Wildman–Crippen MR) is 69.1 cm³/mol. The number of hydrogen-bond acceptors (Lipinski definition) is 5. The summed E-state index contributed by atoms with van der Waals surface area (Å²) in [5.74, 6) is -0.870. The number of alkyl halides is 3. The number of non-ortho nitro benzene ring substituents is 1. The molecular formula is C13H8F3N3O3. The Morgan fingerprint density at radius 3 is 2.45 bits per heavy atom. The zero-order valence-corrected chi connectivity index (χ0v) is 11.1. The molecule has 22 heavy (non-hydrogen) atoms. The maximum absolute atomic E-state index is 13.0. The van der Waals surface area contributed by atoms with Gasteiger partial charge in [0.05, 0.1) is 16.2 Å². The first-order valence-corrected chi connectivity index (χ1v) is 5.91. The summed E-state index contributed by atoms with van der Waals surface area (Å²) in [4.78, 5) is 21.2. The molecule has 0 fully saturated rings. The quantitative estimate of drug-likeness (QED) is 0.493. The number of aromatic nitrogens is 2. The van der Waals surface area contributed by atoms with Crippen LogP contribution in [0.1, 0.15) is 23.0 Å². The van der Waals surface area contributed by atoms with Crippen LogP contribution in [0.25, 0.3) is 11.3 Å². The third-order valence-corrected chi connectivity index (χ3v) is 2.79. The molecule has 2 rings (SSSR count). The molecule has 1 aromatic carbocycles. The van der Waals surface area contributed by atoms with E-state index in [1.165, 1.54) is 18.2 Å². The molecule has 6 nitrogen and oxygen atoms in total. The summed E-state index contributed by atoms with van der Waals surface area (Å²) in [6, 6.07) is 5.62. The van der Waals surface area contributed by atoms with Crippen LogP contribution in [-0.2, 0) is 6.18 Å². The minimum Gasteiger partial charge on any atom is -0.293 e. The smallest absolute Gasteiger partial charge is 0.293 e. The zero-order valence-electron chi connectivity index (χ0n) is 11.1. The number of nitro benzene ring substituents is 1. The van der Waals surface area contributed by atoms with Crippen molar-refractivity contribution in [2.45, 2.75) is 13.1 Å². The van der Waals surface area contributed by atoms with E-state index in [9.17, 15) is 28.1 Å². The fourth-order valence-electron chi connectivity index (χ4n) is 1.79. The SMILES string of the molecule is CC(=O)c1nnc(-c2cccc([N+](=O)[O-])c2)cc1C(F)(F)F. The molecule has 2 aromatic rings. The lowest BCUT2D eigenvalue weighted by Crippen LogP contribution is -2.15. The van der Waals surface area contributed by atoms with Crippen molar-refractivity contribution in [3.8, 4) is 11.3 Å². The summed E-state index contributed by atoms with van der Waals surface area (Å²) in [6.07, 6.45) is -4.79. The molecule has 0 radical (unpaired) electrons. The van der Waals surface area contributed by atoms with Gasteiger partial charge >= 0.3 is 6.18 Å². The molecule has 1 heterocycles. The fraction of sp³-hybridized carbons (Fsp3) is 0.154. The number of benzene rings is 1. The zero-order chi connectivity index (χ0) is 16.5. The van der Waals surface area contributed by atoms with Gasteiger partial charge in [0.2, 0.25) is 0 Å². The Morgan fingerprint density at radius 2 is 1.91 bits per heavy atom. The van der Waals surface area contributed by atoms with Crippen molar-refractivity contribution in [3.05, 3.63) is 51.7 Å². The van der Waals surface area contributed by atoms with Gasteiger partial charge in [0.1, 0.15) is 5.69 Å². The molecule has 114 valence electrons. The normalized spacial score (nSPS) is 11.3. The van der Waals surface area contributed by atoms with Crippen LogP contribution in [0.5, 0.6) is 0 Å². The van der Waals surface area contributed by atoms with E-state index in [1.807, 2.05) is 0 Å². The van der Waals surface area contributed by atoms with E-state index in [1.54, 1.807) is 0 Å². The van der Waals surface area contributed by atoms with E-state index >= 15 is 0 Å². The van der Waals surface area contributed by atoms with E-state index in [2.05, 4.69) is 10.2 Å². The molecule has 0 amide bonds. The van der Waals surface area contributed by atoms with E-state index in [-0.39, 0.29) is 16.9 Å². The van der Waals surface area contributed by atoms with Gasteiger partial charge in [0.15, 0.2) is 5.78 Å². The molecule has 0 aliphatic heterocycles. The van der Waals surface area contributed by atoms with Crippen LogP contribution >= 0.6 is 0 Å². The summed E-state index contributed by atoms with van der Waals surface area (Å²) in [5, 5.41) is 17.6. The summed E-state index contributed by atoms with van der Waals surface area (Å²) in [5.41, 5.74) is -2.41. The number of carbonyl (C=O) groups is 1. The standard InChI is InChI=1S/C13H8F3N3O3/c1-7(20)12-10(13(14,15)16)6-11(17-18-12)8-3-2-4-9(5-8)19(21)22/h2-6H,1H3. The van der Waals surface area contributed by atoms with Gasteiger partial charge < -0.3 is 0 Å². The Hall–Kier alpha value is -2.84. The molecule has 9 heteroatoms. The average Bonchev–Trinajstić information content (AvgIpc) is 2.45. The van der Waals surface area contributed by atoms with Gasteiger partial charge in [-0.1, -0.05) is 12.1 Å². The Bertz CT molecular complexity index is 760. The largest absolute Gasteiger partial charge is 0.418 e. The van der Waals surface area contributed by atoms with Crippen molar-refractivity contribution in [3.63, 3.8) is 0 Å². The lowest BCUT2D eigenvalue weighted by atomic mass is 10.1. The highest BCUT2D eigenvalue weighted by Gasteiger charge is 2.36. The number of Topliss-reactive ketones (excluding diaryl/α,β-unsaturated/α-hetero) is 1. The third-order valence-electron chi connectivity index (χ3n) is 2.79. The number of halogens is 3. The number of rotatable bonds is 3. The maximum Gasteiger partial charge on any atom is 0.418 e. The van der Waals surface area contributed by atoms with Crippen LogP contribution in [0.3, 0.4) is 0 Å². The van der Waals surface area contributed by atoms with Gasteiger partial charge in [-0.3, -0.25) is 14.9 Å². The van der Waals surface area contributed by atoms with E-state index in [0.29, 0.717) is 6.07 Å². The van der Waals surface area contributed by atoms with Crippen molar-refractivity contribution in [1.82, 2.24) is 10.2 Å². The molecule has 0 saturated carbocycles. The minimum atomic E-state index is -4.79. The lowest BCUT2D eigenvalue weighted by molar-refractivity contribution is -0.384. The van der Waals surface area contributed by atoms with Gasteiger partial charge in [-0.15, -0.1) is 10.2 Å². The molecule has 1 aromatic heterocycles. The second-order valence-corrected chi connectivity index (χ2v) is 4.35. The highest BCUT2D eigenvalue weighted by atomic mass is 19.4. The monoisotopic (exact) mass is 311 g/mol. The van der Waals surface area contributed by atoms with Gasteiger partial charge in [0, 0.05) is 24.6 Å².